The van der Waals surface area contributed by atoms with Crippen LogP contribution < -0.4 is 15.9 Å². The summed E-state index contributed by atoms with van der Waals surface area (Å²) in [6.45, 7) is 8.17. The highest BCUT2D eigenvalue weighted by Crippen LogP contribution is 2.36. The minimum Gasteiger partial charge on any atom is -0.497 e. The number of hydrogen-bond acceptors (Lipinski definition) is 5. The number of methoxy groups -OCH3 is 1. The third-order valence-electron chi connectivity index (χ3n) is 5.07. The second kappa shape index (κ2) is 6.35. The Labute approximate surface area is 149 Å². The molecule has 6 heteroatoms. The van der Waals surface area contributed by atoms with Gasteiger partial charge >= 0.3 is 7.12 Å². The summed E-state index contributed by atoms with van der Waals surface area (Å²) >= 11 is 0. The molecule has 1 aliphatic rings. The first-order chi connectivity index (χ1) is 11.7. The van der Waals surface area contributed by atoms with E-state index in [1.54, 1.807) is 13.2 Å². The standard InChI is InChI=1S/C19H25BN2O3/c1-18(2)19(3,4)25-20(24-18)15-10-11-17(21)22-16(15)12-13-6-8-14(23-5)9-7-13/h6-11H,12H2,1-5H3,(H2,21,22). The Balaban J connectivity index is 1.91. The van der Waals surface area contributed by atoms with E-state index in [0.717, 1.165) is 22.5 Å². The lowest BCUT2D eigenvalue weighted by Gasteiger charge is -2.32. The summed E-state index contributed by atoms with van der Waals surface area (Å²) in [6, 6.07) is 11.7. The smallest absolute Gasteiger partial charge is 0.496 e. The highest BCUT2D eigenvalue weighted by molar-refractivity contribution is 6.62. The fourth-order valence-electron chi connectivity index (χ4n) is 2.79. The van der Waals surface area contributed by atoms with Crippen molar-refractivity contribution in [3.63, 3.8) is 0 Å². The maximum Gasteiger partial charge on any atom is 0.496 e. The minimum absolute atomic E-state index is 0.392. The molecule has 0 unspecified atom stereocenters. The lowest BCUT2D eigenvalue weighted by molar-refractivity contribution is 0.00578. The lowest BCUT2D eigenvalue weighted by atomic mass is 9.76. The van der Waals surface area contributed by atoms with Crippen LogP contribution in [0.4, 0.5) is 5.82 Å². The van der Waals surface area contributed by atoms with Crippen molar-refractivity contribution in [3.05, 3.63) is 47.7 Å². The first kappa shape index (κ1) is 17.8. The number of benzene rings is 1. The van der Waals surface area contributed by atoms with Gasteiger partial charge in [-0.15, -0.1) is 0 Å². The van der Waals surface area contributed by atoms with E-state index in [1.165, 1.54) is 0 Å². The first-order valence-electron chi connectivity index (χ1n) is 8.46. The number of nitrogens with zero attached hydrogens (tertiary/aromatic N) is 1. The molecule has 2 heterocycles. The topological polar surface area (TPSA) is 66.6 Å². The van der Waals surface area contributed by atoms with Crippen LogP contribution in [0.1, 0.15) is 39.0 Å². The van der Waals surface area contributed by atoms with Crippen molar-refractivity contribution in [2.75, 3.05) is 12.8 Å². The van der Waals surface area contributed by atoms with E-state index in [4.69, 9.17) is 19.8 Å². The Morgan fingerprint density at radius 2 is 1.60 bits per heavy atom. The maximum atomic E-state index is 6.18. The van der Waals surface area contributed by atoms with Gasteiger partial charge in [-0.2, -0.15) is 0 Å². The van der Waals surface area contributed by atoms with E-state index in [0.29, 0.717) is 12.2 Å². The van der Waals surface area contributed by atoms with Crippen LogP contribution in [0.2, 0.25) is 0 Å². The molecule has 1 aromatic carbocycles. The van der Waals surface area contributed by atoms with Crippen LogP contribution in [0.25, 0.3) is 0 Å². The third kappa shape index (κ3) is 3.50. The molecule has 0 amide bonds. The van der Waals surface area contributed by atoms with Gasteiger partial charge in [0, 0.05) is 17.6 Å². The van der Waals surface area contributed by atoms with Gasteiger partial charge in [0.05, 0.1) is 18.3 Å². The van der Waals surface area contributed by atoms with Crippen molar-refractivity contribution in [1.82, 2.24) is 4.98 Å². The summed E-state index contributed by atoms with van der Waals surface area (Å²) in [5.41, 5.74) is 8.04. The van der Waals surface area contributed by atoms with Crippen LogP contribution in [0.15, 0.2) is 36.4 Å². The van der Waals surface area contributed by atoms with Crippen LogP contribution in [0.3, 0.4) is 0 Å². The average Bonchev–Trinajstić information content (AvgIpc) is 2.76. The highest BCUT2D eigenvalue weighted by Gasteiger charge is 2.52. The number of aromatic nitrogens is 1. The van der Waals surface area contributed by atoms with Crippen LogP contribution in [0, 0.1) is 0 Å². The van der Waals surface area contributed by atoms with Gasteiger partial charge < -0.3 is 19.8 Å². The van der Waals surface area contributed by atoms with Crippen molar-refractivity contribution in [1.29, 1.82) is 0 Å². The zero-order chi connectivity index (χ0) is 18.2. The number of anilines is 1. The molecule has 0 aliphatic carbocycles. The molecule has 0 atom stereocenters. The van der Waals surface area contributed by atoms with Gasteiger partial charge in [0.2, 0.25) is 0 Å². The zero-order valence-corrected chi connectivity index (χ0v) is 15.5. The normalized spacial score (nSPS) is 18.4. The van der Waals surface area contributed by atoms with Crippen molar-refractivity contribution in [2.45, 2.75) is 45.3 Å². The predicted octanol–water partition coefficient (Wildman–Crippen LogP) is 2.56. The molecular formula is C19H25BN2O3. The van der Waals surface area contributed by atoms with Crippen molar-refractivity contribution < 1.29 is 14.0 Å². The van der Waals surface area contributed by atoms with E-state index in [1.807, 2.05) is 58.0 Å². The van der Waals surface area contributed by atoms with Crippen LogP contribution in [-0.4, -0.2) is 30.4 Å². The van der Waals surface area contributed by atoms with E-state index in [2.05, 4.69) is 4.98 Å². The molecule has 132 valence electrons. The van der Waals surface area contributed by atoms with E-state index >= 15 is 0 Å². The Kier molecular flexibility index (Phi) is 4.52. The molecule has 0 spiro atoms. The van der Waals surface area contributed by atoms with Gasteiger partial charge in [0.15, 0.2) is 0 Å². The highest BCUT2D eigenvalue weighted by atomic mass is 16.7. The Bertz CT molecular complexity index is 744. The summed E-state index contributed by atoms with van der Waals surface area (Å²) in [6.07, 6.45) is 0.647. The first-order valence-corrected chi connectivity index (χ1v) is 8.46. The molecule has 0 radical (unpaired) electrons. The summed E-state index contributed by atoms with van der Waals surface area (Å²) in [4.78, 5) is 4.54. The predicted molar refractivity (Wildman–Crippen MR) is 100 cm³/mol. The third-order valence-corrected chi connectivity index (χ3v) is 5.07. The Hall–Kier alpha value is -2.05. The van der Waals surface area contributed by atoms with Crippen LogP contribution in [0.5, 0.6) is 5.75 Å². The quantitative estimate of drug-likeness (QED) is 0.867. The molecule has 1 aromatic heterocycles. The molecule has 2 N–H and O–H groups in total. The zero-order valence-electron chi connectivity index (χ0n) is 15.5. The molecule has 3 rings (SSSR count). The maximum absolute atomic E-state index is 6.18. The van der Waals surface area contributed by atoms with Crippen LogP contribution in [-0.2, 0) is 15.7 Å². The van der Waals surface area contributed by atoms with Gasteiger partial charge in [0.25, 0.3) is 0 Å². The lowest BCUT2D eigenvalue weighted by Crippen LogP contribution is -2.41. The van der Waals surface area contributed by atoms with Gasteiger partial charge in [-0.25, -0.2) is 4.98 Å². The van der Waals surface area contributed by atoms with E-state index < -0.39 is 18.3 Å². The van der Waals surface area contributed by atoms with Crippen molar-refractivity contribution in [2.24, 2.45) is 0 Å². The number of hydrogen-bond donors (Lipinski definition) is 1. The van der Waals surface area contributed by atoms with Crippen LogP contribution >= 0.6 is 0 Å². The summed E-state index contributed by atoms with van der Waals surface area (Å²) in [7, 11) is 1.21. The molecule has 1 fully saturated rings. The molecule has 0 bridgehead atoms. The molecule has 1 saturated heterocycles. The number of nitrogen functional groups attached to an aromatic ring is 1. The van der Waals surface area contributed by atoms with Crippen molar-refractivity contribution in [3.8, 4) is 5.75 Å². The van der Waals surface area contributed by atoms with E-state index in [9.17, 15) is 0 Å². The monoisotopic (exact) mass is 340 g/mol. The number of ether oxygens (including phenoxy) is 1. The molecule has 25 heavy (non-hydrogen) atoms. The molecular weight excluding hydrogens is 315 g/mol. The second-order valence-electron chi connectivity index (χ2n) is 7.39. The van der Waals surface area contributed by atoms with E-state index in [-0.39, 0.29) is 0 Å². The Morgan fingerprint density at radius 1 is 1.00 bits per heavy atom. The summed E-state index contributed by atoms with van der Waals surface area (Å²) < 4.78 is 17.6. The van der Waals surface area contributed by atoms with Gasteiger partial charge in [-0.3, -0.25) is 0 Å². The number of rotatable bonds is 4. The number of pyridine rings is 1. The largest absolute Gasteiger partial charge is 0.497 e. The molecule has 0 saturated carbocycles. The summed E-state index contributed by atoms with van der Waals surface area (Å²) in [5.74, 6) is 1.32. The minimum atomic E-state index is -0.452. The van der Waals surface area contributed by atoms with Gasteiger partial charge in [-0.05, 0) is 51.5 Å². The van der Waals surface area contributed by atoms with Gasteiger partial charge in [-0.1, -0.05) is 18.2 Å². The fraction of sp³-hybridized carbons (Fsp3) is 0.421. The summed E-state index contributed by atoms with van der Waals surface area (Å²) in [5, 5.41) is 0. The van der Waals surface area contributed by atoms with Gasteiger partial charge in [0.1, 0.15) is 11.6 Å². The second-order valence-corrected chi connectivity index (χ2v) is 7.39. The fourth-order valence-corrected chi connectivity index (χ4v) is 2.79. The Morgan fingerprint density at radius 3 is 2.16 bits per heavy atom. The molecule has 2 aromatic rings. The van der Waals surface area contributed by atoms with Crippen molar-refractivity contribution >= 4 is 18.4 Å². The molecule has 1 aliphatic heterocycles. The molecule has 5 nitrogen and oxygen atoms in total. The number of nitrogens with two attached hydrogens (primary N) is 1. The SMILES string of the molecule is COc1ccc(Cc2nc(N)ccc2B2OC(C)(C)C(C)(C)O2)cc1. The average molecular weight is 340 g/mol.